The molecule has 0 radical (unpaired) electrons. The Labute approximate surface area is 282 Å². The van der Waals surface area contributed by atoms with Crippen molar-refractivity contribution in [2.45, 2.75) is 58.5 Å². The van der Waals surface area contributed by atoms with Crippen LogP contribution in [-0.2, 0) is 9.59 Å². The van der Waals surface area contributed by atoms with Gasteiger partial charge in [0, 0.05) is 25.0 Å². The monoisotopic (exact) mass is 673 g/mol. The maximum atomic E-state index is 15.5. The number of ether oxygens (including phenoxy) is 1. The number of benzene rings is 1. The quantitative estimate of drug-likeness (QED) is 0.248. The molecule has 4 aromatic rings. The van der Waals surface area contributed by atoms with Crippen LogP contribution in [0, 0.1) is 5.82 Å². The van der Waals surface area contributed by atoms with E-state index in [1.54, 1.807) is 24.1 Å². The van der Waals surface area contributed by atoms with Crippen molar-refractivity contribution in [3.8, 4) is 22.7 Å². The fourth-order valence-electron chi connectivity index (χ4n) is 6.81. The summed E-state index contributed by atoms with van der Waals surface area (Å²) in [7, 11) is 2.98. The Morgan fingerprint density at radius 2 is 1.75 bits per heavy atom. The van der Waals surface area contributed by atoms with Crippen LogP contribution >= 0.6 is 11.6 Å². The average Bonchev–Trinajstić information content (AvgIpc) is 3.05. The standard InChI is InChI=1S/C35H37ClFN7O4/c1-9-25(45)42-15-23-34(46)41(7)32-30(43(23)14-19(42)6)20-13-21(36)29(26-22(37)11-10-12-24(26)48-8)40-33(20)44(35(32)47)31-27(17(2)3)38-16-39-28(31)18(4)5/h9-13,16-19,23H,1,14-15H2,2-8H3/t19-,23-/m1/s1. The Bertz CT molecular complexity index is 2040. The maximum Gasteiger partial charge on any atom is 0.283 e. The van der Waals surface area contributed by atoms with Crippen molar-refractivity contribution in [2.24, 2.45) is 0 Å². The highest BCUT2D eigenvalue weighted by atomic mass is 35.5. The minimum Gasteiger partial charge on any atom is -0.496 e. The summed E-state index contributed by atoms with van der Waals surface area (Å²) in [5.74, 6) is -1.28. The molecule has 48 heavy (non-hydrogen) atoms. The number of anilines is 2. The highest BCUT2D eigenvalue weighted by molar-refractivity contribution is 6.34. The van der Waals surface area contributed by atoms with E-state index in [1.807, 2.05) is 39.5 Å². The molecule has 5 heterocycles. The van der Waals surface area contributed by atoms with Crippen LogP contribution in [0.15, 0.2) is 48.0 Å². The van der Waals surface area contributed by atoms with E-state index in [9.17, 15) is 9.59 Å². The lowest BCUT2D eigenvalue weighted by molar-refractivity contribution is -0.130. The largest absolute Gasteiger partial charge is 0.496 e. The van der Waals surface area contributed by atoms with Crippen LogP contribution in [0.5, 0.6) is 5.75 Å². The molecule has 0 aliphatic carbocycles. The van der Waals surface area contributed by atoms with E-state index in [0.717, 1.165) is 0 Å². The summed E-state index contributed by atoms with van der Waals surface area (Å²) in [5.41, 5.74) is 2.00. The number of amides is 2. The number of likely N-dealkylation sites (N-methyl/N-ethyl adjacent to an activating group) is 1. The van der Waals surface area contributed by atoms with Crippen LogP contribution in [0.2, 0.25) is 5.02 Å². The van der Waals surface area contributed by atoms with Gasteiger partial charge in [0.2, 0.25) is 5.91 Å². The Morgan fingerprint density at radius 1 is 1.08 bits per heavy atom. The molecule has 1 fully saturated rings. The highest BCUT2D eigenvalue weighted by Gasteiger charge is 2.46. The molecule has 0 N–H and O–H groups in total. The van der Waals surface area contributed by atoms with Crippen LogP contribution in [0.3, 0.4) is 0 Å². The molecule has 2 amide bonds. The molecule has 2 atom stereocenters. The van der Waals surface area contributed by atoms with Gasteiger partial charge in [-0.15, -0.1) is 0 Å². The lowest BCUT2D eigenvalue weighted by Gasteiger charge is -2.49. The third-order valence-corrected chi connectivity index (χ3v) is 9.40. The number of nitrogens with zero attached hydrogens (tertiary/aromatic N) is 7. The van der Waals surface area contributed by atoms with Crippen LogP contribution < -0.4 is 20.1 Å². The van der Waals surface area contributed by atoms with Crippen molar-refractivity contribution in [2.75, 3.05) is 37.0 Å². The van der Waals surface area contributed by atoms with Gasteiger partial charge in [0.25, 0.3) is 11.5 Å². The second-order valence-electron chi connectivity index (χ2n) is 12.8. The van der Waals surface area contributed by atoms with Crippen LogP contribution in [0.25, 0.3) is 28.0 Å². The summed E-state index contributed by atoms with van der Waals surface area (Å²) in [4.78, 5) is 60.8. The average molecular weight is 674 g/mol. The van der Waals surface area contributed by atoms with Gasteiger partial charge in [-0.05, 0) is 43.0 Å². The molecule has 250 valence electrons. The third kappa shape index (κ3) is 5.01. The van der Waals surface area contributed by atoms with Gasteiger partial charge in [0.1, 0.15) is 29.6 Å². The zero-order valence-electron chi connectivity index (χ0n) is 27.9. The number of halogens is 2. The van der Waals surface area contributed by atoms with E-state index >= 15 is 9.18 Å². The van der Waals surface area contributed by atoms with E-state index in [4.69, 9.17) is 21.3 Å². The Hall–Kier alpha value is -4.84. The fourth-order valence-corrected chi connectivity index (χ4v) is 7.05. The van der Waals surface area contributed by atoms with E-state index in [-0.39, 0.29) is 76.1 Å². The van der Waals surface area contributed by atoms with Crippen molar-refractivity contribution in [3.05, 3.63) is 75.8 Å². The number of hydrogen-bond acceptors (Lipinski definition) is 8. The predicted molar refractivity (Wildman–Crippen MR) is 184 cm³/mol. The van der Waals surface area contributed by atoms with Crippen molar-refractivity contribution < 1.29 is 18.7 Å². The predicted octanol–water partition coefficient (Wildman–Crippen LogP) is 5.46. The zero-order valence-corrected chi connectivity index (χ0v) is 28.7. The van der Waals surface area contributed by atoms with Crippen LogP contribution in [0.4, 0.5) is 15.8 Å². The molecule has 0 bridgehead atoms. The summed E-state index contributed by atoms with van der Waals surface area (Å²) >= 11 is 6.98. The molecule has 6 rings (SSSR count). The number of carbonyl (C=O) groups is 2. The van der Waals surface area contributed by atoms with Crippen LogP contribution in [-0.4, -0.2) is 75.6 Å². The lowest BCUT2D eigenvalue weighted by atomic mass is 9.97. The minimum atomic E-state index is -0.788. The topological polar surface area (TPSA) is 114 Å². The summed E-state index contributed by atoms with van der Waals surface area (Å²) in [5, 5.41) is 0.572. The molecule has 1 saturated heterocycles. The molecule has 3 aromatic heterocycles. The number of pyridine rings is 2. The molecular formula is C35H37ClFN7O4. The molecule has 11 nitrogen and oxygen atoms in total. The van der Waals surface area contributed by atoms with Gasteiger partial charge < -0.3 is 19.4 Å². The molecule has 0 unspecified atom stereocenters. The normalized spacial score (nSPS) is 17.6. The Kier molecular flexibility index (Phi) is 8.49. The van der Waals surface area contributed by atoms with Gasteiger partial charge in [-0.1, -0.05) is 51.9 Å². The van der Waals surface area contributed by atoms with Gasteiger partial charge >= 0.3 is 0 Å². The SMILES string of the molecule is C=CC(=O)N1C[C@@H]2C(=O)N(C)c3c(c4cc(Cl)c(-c5c(F)cccc5OC)nc4n(-c4c(C(C)C)ncnc4C(C)C)c3=O)N2C[C@H]1C. The van der Waals surface area contributed by atoms with Crippen LogP contribution in [0.1, 0.15) is 57.8 Å². The first-order valence-corrected chi connectivity index (χ1v) is 16.1. The number of piperazine rings is 1. The smallest absolute Gasteiger partial charge is 0.283 e. The highest BCUT2D eigenvalue weighted by Crippen LogP contribution is 2.45. The molecular weight excluding hydrogens is 637 g/mol. The first kappa shape index (κ1) is 33.1. The molecule has 0 spiro atoms. The van der Waals surface area contributed by atoms with E-state index in [1.165, 1.54) is 41.1 Å². The van der Waals surface area contributed by atoms with Crippen molar-refractivity contribution >= 4 is 45.8 Å². The molecule has 13 heteroatoms. The van der Waals surface area contributed by atoms with Crippen molar-refractivity contribution in [3.63, 3.8) is 0 Å². The van der Waals surface area contributed by atoms with Crippen molar-refractivity contribution in [1.29, 1.82) is 0 Å². The summed E-state index contributed by atoms with van der Waals surface area (Å²) < 4.78 is 22.5. The first-order valence-electron chi connectivity index (χ1n) is 15.8. The van der Waals surface area contributed by atoms with E-state index < -0.39 is 17.4 Å². The van der Waals surface area contributed by atoms with Crippen molar-refractivity contribution in [1.82, 2.24) is 24.4 Å². The van der Waals surface area contributed by atoms with E-state index in [2.05, 4.69) is 16.5 Å². The Balaban J connectivity index is 1.79. The summed E-state index contributed by atoms with van der Waals surface area (Å²) in [6, 6.07) is 4.96. The van der Waals surface area contributed by atoms with Gasteiger partial charge in [0.15, 0.2) is 5.65 Å². The second kappa shape index (κ2) is 12.3. The molecule has 0 saturated carbocycles. The van der Waals surface area contributed by atoms with E-state index in [0.29, 0.717) is 28.1 Å². The minimum absolute atomic E-state index is 0.0384. The van der Waals surface area contributed by atoms with Gasteiger partial charge in [-0.2, -0.15) is 0 Å². The van der Waals surface area contributed by atoms with Gasteiger partial charge in [-0.3, -0.25) is 19.0 Å². The number of rotatable bonds is 6. The molecule has 2 aliphatic heterocycles. The maximum absolute atomic E-state index is 15.5. The van der Waals surface area contributed by atoms with Gasteiger partial charge in [0.05, 0.1) is 52.7 Å². The number of hydrogen-bond donors (Lipinski definition) is 0. The Morgan fingerprint density at radius 3 is 2.35 bits per heavy atom. The molecule has 2 aliphatic rings. The summed E-state index contributed by atoms with van der Waals surface area (Å²) in [6.07, 6.45) is 2.71. The summed E-state index contributed by atoms with van der Waals surface area (Å²) in [6.45, 7) is 13.7. The number of aromatic nitrogens is 4. The molecule has 1 aromatic carbocycles. The second-order valence-corrected chi connectivity index (χ2v) is 13.2. The number of carbonyl (C=O) groups excluding carboxylic acids is 2. The first-order chi connectivity index (χ1) is 22.8. The number of methoxy groups -OCH3 is 1. The number of fused-ring (bicyclic) bond motifs is 5. The zero-order chi connectivity index (χ0) is 34.8. The lowest BCUT2D eigenvalue weighted by Crippen LogP contribution is -2.66. The van der Waals surface area contributed by atoms with Gasteiger partial charge in [-0.25, -0.2) is 19.3 Å². The third-order valence-electron chi connectivity index (χ3n) is 9.12. The fraction of sp³-hybridized carbons (Fsp3) is 0.371.